The molecule has 0 spiro atoms. The molecule has 1 aliphatic heterocycles. The number of hydrogen-bond donors (Lipinski definition) is 2. The van der Waals surface area contributed by atoms with Crippen LogP contribution in [0.2, 0.25) is 0 Å². The van der Waals surface area contributed by atoms with Crippen molar-refractivity contribution in [2.75, 3.05) is 32.1 Å². The molecule has 1 amide bonds. The number of anilines is 1. The highest BCUT2D eigenvalue weighted by Crippen LogP contribution is 2.40. The largest absolute Gasteiger partial charge is 0.466 e. The Labute approximate surface area is 202 Å². The molecule has 1 aliphatic rings. The van der Waals surface area contributed by atoms with Crippen molar-refractivity contribution in [3.63, 3.8) is 0 Å². The first kappa shape index (κ1) is 26.3. The first-order chi connectivity index (χ1) is 16.4. The summed E-state index contributed by atoms with van der Waals surface area (Å²) in [6.07, 6.45) is -5.05. The highest BCUT2D eigenvalue weighted by Gasteiger charge is 2.36. The van der Waals surface area contributed by atoms with Gasteiger partial charge < -0.3 is 24.8 Å². The molecular formula is C21H15BrF6N2O5. The average Bonchev–Trinajstić information content (AvgIpc) is 3.06. The van der Waals surface area contributed by atoms with Gasteiger partial charge in [-0.25, -0.2) is 18.0 Å². The molecule has 3 rings (SSSR count). The number of rotatable bonds is 7. The zero-order valence-corrected chi connectivity index (χ0v) is 19.2. The van der Waals surface area contributed by atoms with Crippen molar-refractivity contribution < 1.29 is 50.5 Å². The van der Waals surface area contributed by atoms with E-state index in [1.165, 1.54) is 0 Å². The lowest BCUT2D eigenvalue weighted by Gasteiger charge is -2.18. The highest BCUT2D eigenvalue weighted by atomic mass is 79.9. The topological polar surface area (TPSA) is 88.1 Å². The molecule has 0 unspecified atom stereocenters. The van der Waals surface area contributed by atoms with Crippen LogP contribution in [0.1, 0.15) is 5.56 Å². The lowest BCUT2D eigenvalue weighted by Crippen LogP contribution is -2.31. The third-order valence-corrected chi connectivity index (χ3v) is 5.21. The molecular weight excluding hydrogens is 554 g/mol. The standard InChI is InChI=1S/C21H15BrF6N2O5/c1-34-20(33)11-8-30(2-3-31)19(32)16(11)29-15-7-10(22)6-14(25)18(15)35-17-12(23)4-9(5-13(17)24)21(26,27)28/h4-7,29,31H,2-3,8H2,1H3. The summed E-state index contributed by atoms with van der Waals surface area (Å²) in [6, 6.07) is 1.94. The molecule has 0 saturated carbocycles. The maximum absolute atomic E-state index is 14.8. The molecule has 0 radical (unpaired) electrons. The van der Waals surface area contributed by atoms with Crippen molar-refractivity contribution in [1.82, 2.24) is 4.90 Å². The highest BCUT2D eigenvalue weighted by molar-refractivity contribution is 9.10. The third-order valence-electron chi connectivity index (χ3n) is 4.75. The van der Waals surface area contributed by atoms with E-state index in [0.717, 1.165) is 24.1 Å². The second-order valence-electron chi connectivity index (χ2n) is 7.05. The zero-order chi connectivity index (χ0) is 26.1. The van der Waals surface area contributed by atoms with E-state index >= 15 is 0 Å². The van der Waals surface area contributed by atoms with Crippen LogP contribution in [0.5, 0.6) is 11.5 Å². The van der Waals surface area contributed by atoms with Gasteiger partial charge in [0, 0.05) is 11.0 Å². The molecule has 0 saturated heterocycles. The van der Waals surface area contributed by atoms with Crippen LogP contribution in [0.4, 0.5) is 32.0 Å². The second kappa shape index (κ2) is 10.2. The Balaban J connectivity index is 2.07. The Kier molecular flexibility index (Phi) is 7.65. The lowest BCUT2D eigenvalue weighted by molar-refractivity contribution is -0.138. The van der Waals surface area contributed by atoms with E-state index in [4.69, 9.17) is 9.84 Å². The van der Waals surface area contributed by atoms with Crippen molar-refractivity contribution in [3.05, 3.63) is 63.0 Å². The predicted octanol–water partition coefficient (Wildman–Crippen LogP) is 4.35. The van der Waals surface area contributed by atoms with Gasteiger partial charge in [0.05, 0.1) is 37.1 Å². The molecule has 7 nitrogen and oxygen atoms in total. The minimum absolute atomic E-state index is 0.0204. The number of ether oxygens (including phenoxy) is 2. The summed E-state index contributed by atoms with van der Waals surface area (Å²) in [4.78, 5) is 26.0. The second-order valence-corrected chi connectivity index (χ2v) is 7.97. The SMILES string of the molecule is COC(=O)C1=C(Nc2cc(Br)cc(F)c2Oc2c(F)cc(C(F)(F)F)cc2F)C(=O)N(CCO)C1. The number of aliphatic hydroxyl groups excluding tert-OH is 1. The van der Waals surface area contributed by atoms with Gasteiger partial charge in [-0.05, 0) is 24.3 Å². The summed E-state index contributed by atoms with van der Waals surface area (Å²) < 4.78 is 91.5. The van der Waals surface area contributed by atoms with E-state index in [1.54, 1.807) is 0 Å². The summed E-state index contributed by atoms with van der Waals surface area (Å²) in [7, 11) is 1.05. The van der Waals surface area contributed by atoms with Crippen LogP contribution in [0.15, 0.2) is 40.0 Å². The fourth-order valence-corrected chi connectivity index (χ4v) is 3.59. The van der Waals surface area contributed by atoms with Crippen molar-refractivity contribution in [2.24, 2.45) is 0 Å². The van der Waals surface area contributed by atoms with Crippen LogP contribution in [-0.2, 0) is 20.5 Å². The normalized spacial score (nSPS) is 14.0. The van der Waals surface area contributed by atoms with Crippen LogP contribution in [0.3, 0.4) is 0 Å². The van der Waals surface area contributed by atoms with Gasteiger partial charge in [-0.2, -0.15) is 13.2 Å². The number of hydrogen-bond acceptors (Lipinski definition) is 6. The van der Waals surface area contributed by atoms with Gasteiger partial charge in [0.15, 0.2) is 29.0 Å². The molecule has 0 aromatic heterocycles. The van der Waals surface area contributed by atoms with Crippen molar-refractivity contribution in [1.29, 1.82) is 0 Å². The fourth-order valence-electron chi connectivity index (χ4n) is 3.16. The van der Waals surface area contributed by atoms with Crippen molar-refractivity contribution in [3.8, 4) is 11.5 Å². The van der Waals surface area contributed by atoms with E-state index in [2.05, 4.69) is 26.0 Å². The molecule has 0 aliphatic carbocycles. The third kappa shape index (κ3) is 5.53. The van der Waals surface area contributed by atoms with Crippen LogP contribution >= 0.6 is 15.9 Å². The number of halogens is 7. The Morgan fingerprint density at radius 2 is 1.71 bits per heavy atom. The predicted molar refractivity (Wildman–Crippen MR) is 112 cm³/mol. The van der Waals surface area contributed by atoms with Gasteiger partial charge in [0.1, 0.15) is 5.70 Å². The van der Waals surface area contributed by atoms with E-state index in [1.807, 2.05) is 0 Å². The van der Waals surface area contributed by atoms with Crippen molar-refractivity contribution >= 4 is 33.5 Å². The maximum atomic E-state index is 14.8. The number of nitrogens with one attached hydrogen (secondary N) is 1. The number of β-amino-alcohol motifs (C(OH)–C–C–N with tert-alkyl or cyclic N) is 1. The first-order valence-electron chi connectivity index (χ1n) is 9.59. The lowest BCUT2D eigenvalue weighted by atomic mass is 10.2. The molecule has 1 heterocycles. The monoisotopic (exact) mass is 568 g/mol. The molecule has 0 fully saturated rings. The zero-order valence-electron chi connectivity index (χ0n) is 17.6. The van der Waals surface area contributed by atoms with E-state index in [9.17, 15) is 35.9 Å². The van der Waals surface area contributed by atoms with Gasteiger partial charge in [0.25, 0.3) is 5.91 Å². The molecule has 2 aromatic carbocycles. The summed E-state index contributed by atoms with van der Waals surface area (Å²) in [5, 5.41) is 11.6. The number of esters is 1. The number of aliphatic hydroxyl groups is 1. The molecule has 35 heavy (non-hydrogen) atoms. The maximum Gasteiger partial charge on any atom is 0.416 e. The van der Waals surface area contributed by atoms with Gasteiger partial charge in [-0.15, -0.1) is 0 Å². The summed E-state index contributed by atoms with van der Waals surface area (Å²) in [5.74, 6) is -8.63. The van der Waals surface area contributed by atoms with Gasteiger partial charge in [-0.3, -0.25) is 4.79 Å². The van der Waals surface area contributed by atoms with Gasteiger partial charge in [0.2, 0.25) is 0 Å². The number of benzene rings is 2. The number of carbonyl (C=O) groups is 2. The summed E-state index contributed by atoms with van der Waals surface area (Å²) in [6.45, 7) is -0.842. The molecule has 0 bridgehead atoms. The van der Waals surface area contributed by atoms with Gasteiger partial charge >= 0.3 is 12.1 Å². The molecule has 188 valence electrons. The Bertz CT molecular complexity index is 1190. The number of alkyl halides is 3. The van der Waals surface area contributed by atoms with Crippen LogP contribution in [0, 0.1) is 17.5 Å². The number of carbonyl (C=O) groups excluding carboxylic acids is 2. The minimum Gasteiger partial charge on any atom is -0.466 e. The average molecular weight is 569 g/mol. The first-order valence-corrected chi connectivity index (χ1v) is 10.4. The summed E-state index contributed by atoms with van der Waals surface area (Å²) in [5.41, 5.74) is -2.60. The van der Waals surface area contributed by atoms with E-state index in [0.29, 0.717) is 0 Å². The molecule has 14 heteroatoms. The Morgan fingerprint density at radius 3 is 2.26 bits per heavy atom. The molecule has 0 atom stereocenters. The number of methoxy groups -OCH3 is 1. The van der Waals surface area contributed by atoms with Gasteiger partial charge in [-0.1, -0.05) is 15.9 Å². The van der Waals surface area contributed by atoms with Crippen LogP contribution in [-0.4, -0.2) is 48.7 Å². The van der Waals surface area contributed by atoms with E-state index in [-0.39, 0.29) is 41.0 Å². The molecule has 2 aromatic rings. The van der Waals surface area contributed by atoms with Crippen LogP contribution in [0.25, 0.3) is 0 Å². The number of nitrogens with zero attached hydrogens (tertiary/aromatic N) is 1. The minimum atomic E-state index is -5.05. The Hall–Kier alpha value is -3.26. The Morgan fingerprint density at radius 1 is 1.11 bits per heavy atom. The van der Waals surface area contributed by atoms with E-state index < -0.39 is 64.9 Å². The summed E-state index contributed by atoms with van der Waals surface area (Å²) >= 11 is 3.01. The number of amides is 1. The van der Waals surface area contributed by atoms with Crippen molar-refractivity contribution in [2.45, 2.75) is 6.18 Å². The smallest absolute Gasteiger partial charge is 0.416 e. The van der Waals surface area contributed by atoms with Crippen LogP contribution < -0.4 is 10.1 Å². The quantitative estimate of drug-likeness (QED) is 0.381. The molecule has 2 N–H and O–H groups in total. The fraction of sp³-hybridized carbons (Fsp3) is 0.238.